The van der Waals surface area contributed by atoms with Gasteiger partial charge in [-0.15, -0.1) is 0 Å². The summed E-state index contributed by atoms with van der Waals surface area (Å²) in [5, 5.41) is 15.4. The highest BCUT2D eigenvalue weighted by Crippen LogP contribution is 2.14. The number of urea groups is 1. The summed E-state index contributed by atoms with van der Waals surface area (Å²) in [6.07, 6.45) is 3.52. The molecule has 0 radical (unpaired) electrons. The Morgan fingerprint density at radius 2 is 2.15 bits per heavy atom. The normalized spacial score (nSPS) is 11.9. The van der Waals surface area contributed by atoms with Crippen molar-refractivity contribution in [2.45, 2.75) is 38.6 Å². The van der Waals surface area contributed by atoms with Crippen molar-refractivity contribution in [3.8, 4) is 0 Å². The fourth-order valence-electron chi connectivity index (χ4n) is 1.91. The maximum absolute atomic E-state index is 11.7. The van der Waals surface area contributed by atoms with Crippen LogP contribution < -0.4 is 10.6 Å². The summed E-state index contributed by atoms with van der Waals surface area (Å²) in [6, 6.07) is 7.17. The average molecular weight is 299 g/mol. The molecule has 5 heteroatoms. The lowest BCUT2D eigenvalue weighted by molar-refractivity contribution is 0.212. The van der Waals surface area contributed by atoms with E-state index < -0.39 is 0 Å². The smallest absolute Gasteiger partial charge is 0.315 e. The zero-order valence-corrected chi connectivity index (χ0v) is 12.6. The van der Waals surface area contributed by atoms with Crippen LogP contribution in [-0.4, -0.2) is 30.3 Å². The van der Waals surface area contributed by atoms with Crippen LogP contribution in [0.1, 0.15) is 31.7 Å². The van der Waals surface area contributed by atoms with Crippen molar-refractivity contribution in [1.29, 1.82) is 0 Å². The second-order valence-corrected chi connectivity index (χ2v) is 5.17. The number of rotatable bonds is 8. The van der Waals surface area contributed by atoms with E-state index in [1.54, 1.807) is 0 Å². The van der Waals surface area contributed by atoms with Gasteiger partial charge in [0.2, 0.25) is 0 Å². The van der Waals surface area contributed by atoms with Crippen molar-refractivity contribution in [2.24, 2.45) is 0 Å². The van der Waals surface area contributed by atoms with Crippen molar-refractivity contribution in [3.63, 3.8) is 0 Å². The van der Waals surface area contributed by atoms with Crippen LogP contribution in [0.4, 0.5) is 4.79 Å². The van der Waals surface area contributed by atoms with Gasteiger partial charge >= 0.3 is 6.03 Å². The van der Waals surface area contributed by atoms with E-state index in [9.17, 15) is 9.90 Å². The average Bonchev–Trinajstić information content (AvgIpc) is 2.45. The molecule has 4 nitrogen and oxygen atoms in total. The molecule has 2 amide bonds. The summed E-state index contributed by atoms with van der Waals surface area (Å²) in [7, 11) is 0. The van der Waals surface area contributed by atoms with Crippen molar-refractivity contribution >= 4 is 17.6 Å². The van der Waals surface area contributed by atoms with Gasteiger partial charge in [-0.1, -0.05) is 49.6 Å². The van der Waals surface area contributed by atoms with E-state index >= 15 is 0 Å². The van der Waals surface area contributed by atoms with Gasteiger partial charge in [-0.2, -0.15) is 0 Å². The lowest BCUT2D eigenvalue weighted by Crippen LogP contribution is -2.44. The number of amides is 2. The molecular weight excluding hydrogens is 276 g/mol. The van der Waals surface area contributed by atoms with E-state index in [2.05, 4.69) is 17.6 Å². The Bertz CT molecular complexity index is 413. The van der Waals surface area contributed by atoms with Gasteiger partial charge in [0.15, 0.2) is 0 Å². The van der Waals surface area contributed by atoms with E-state index in [1.807, 2.05) is 24.3 Å². The summed E-state index contributed by atoms with van der Waals surface area (Å²) >= 11 is 6.04. The maximum Gasteiger partial charge on any atom is 0.315 e. The Balaban J connectivity index is 2.27. The SMILES string of the molecule is CCCCC(CO)NC(=O)NCCc1ccccc1Cl. The molecule has 0 spiro atoms. The van der Waals surface area contributed by atoms with Crippen molar-refractivity contribution < 1.29 is 9.90 Å². The number of benzene rings is 1. The molecule has 112 valence electrons. The third kappa shape index (κ3) is 6.26. The summed E-state index contributed by atoms with van der Waals surface area (Å²) in [6.45, 7) is 2.57. The molecule has 0 saturated carbocycles. The van der Waals surface area contributed by atoms with E-state index in [-0.39, 0.29) is 18.7 Å². The molecule has 1 atom stereocenters. The largest absolute Gasteiger partial charge is 0.394 e. The molecule has 0 aromatic heterocycles. The second-order valence-electron chi connectivity index (χ2n) is 4.76. The molecular formula is C15H23ClN2O2. The highest BCUT2D eigenvalue weighted by molar-refractivity contribution is 6.31. The molecule has 1 unspecified atom stereocenters. The van der Waals surface area contributed by atoms with Crippen LogP contribution in [0, 0.1) is 0 Å². The third-order valence-electron chi connectivity index (χ3n) is 3.10. The number of carbonyl (C=O) groups is 1. The van der Waals surface area contributed by atoms with Crippen LogP contribution in [0.2, 0.25) is 5.02 Å². The molecule has 0 heterocycles. The highest BCUT2D eigenvalue weighted by Gasteiger charge is 2.10. The van der Waals surface area contributed by atoms with Gasteiger partial charge in [0.1, 0.15) is 0 Å². The van der Waals surface area contributed by atoms with Crippen LogP contribution in [0.25, 0.3) is 0 Å². The zero-order valence-electron chi connectivity index (χ0n) is 11.9. The number of aliphatic hydroxyl groups is 1. The molecule has 3 N–H and O–H groups in total. The number of unbranched alkanes of at least 4 members (excludes halogenated alkanes) is 1. The van der Waals surface area contributed by atoms with Crippen molar-refractivity contribution in [1.82, 2.24) is 10.6 Å². The number of nitrogens with one attached hydrogen (secondary N) is 2. The van der Waals surface area contributed by atoms with Crippen molar-refractivity contribution in [3.05, 3.63) is 34.9 Å². The first-order valence-corrected chi connectivity index (χ1v) is 7.43. The molecule has 1 rings (SSSR count). The van der Waals surface area contributed by atoms with Crippen LogP contribution in [-0.2, 0) is 6.42 Å². The number of carbonyl (C=O) groups excluding carboxylic acids is 1. The Morgan fingerprint density at radius 3 is 2.80 bits per heavy atom. The third-order valence-corrected chi connectivity index (χ3v) is 3.47. The van der Waals surface area contributed by atoms with Crippen LogP contribution in [0.15, 0.2) is 24.3 Å². The van der Waals surface area contributed by atoms with Gasteiger partial charge < -0.3 is 15.7 Å². The first kappa shape index (κ1) is 16.8. The van der Waals surface area contributed by atoms with Crippen LogP contribution >= 0.6 is 11.6 Å². The van der Waals surface area contributed by atoms with Gasteiger partial charge in [-0.25, -0.2) is 4.79 Å². The predicted molar refractivity (Wildman–Crippen MR) is 82.1 cm³/mol. The van der Waals surface area contributed by atoms with Gasteiger partial charge in [0.25, 0.3) is 0 Å². The van der Waals surface area contributed by atoms with E-state index in [1.165, 1.54) is 0 Å². The van der Waals surface area contributed by atoms with Crippen LogP contribution in [0.3, 0.4) is 0 Å². The molecule has 0 saturated heterocycles. The molecule has 0 fully saturated rings. The quantitative estimate of drug-likeness (QED) is 0.691. The van der Waals surface area contributed by atoms with Crippen molar-refractivity contribution in [2.75, 3.05) is 13.2 Å². The number of halogens is 1. The first-order valence-electron chi connectivity index (χ1n) is 7.06. The Kier molecular flexibility index (Phi) is 8.07. The molecule has 1 aromatic rings. The van der Waals surface area contributed by atoms with E-state index in [4.69, 9.17) is 11.6 Å². The lowest BCUT2D eigenvalue weighted by Gasteiger charge is -2.16. The summed E-state index contributed by atoms with van der Waals surface area (Å²) in [4.78, 5) is 11.7. The fraction of sp³-hybridized carbons (Fsp3) is 0.533. The monoisotopic (exact) mass is 298 g/mol. The second kappa shape index (κ2) is 9.61. The topological polar surface area (TPSA) is 61.4 Å². The fourth-order valence-corrected chi connectivity index (χ4v) is 2.14. The summed E-state index contributed by atoms with van der Waals surface area (Å²) in [5.74, 6) is 0. The van der Waals surface area contributed by atoms with Gasteiger partial charge in [-0.05, 0) is 24.5 Å². The highest BCUT2D eigenvalue weighted by atomic mass is 35.5. The Morgan fingerprint density at radius 1 is 1.40 bits per heavy atom. The number of hydrogen-bond donors (Lipinski definition) is 3. The lowest BCUT2D eigenvalue weighted by atomic mass is 10.1. The zero-order chi connectivity index (χ0) is 14.8. The summed E-state index contributed by atoms with van der Waals surface area (Å²) in [5.41, 5.74) is 1.01. The van der Waals surface area contributed by atoms with E-state index in [0.29, 0.717) is 18.0 Å². The molecule has 0 aliphatic carbocycles. The van der Waals surface area contributed by atoms with Gasteiger partial charge in [-0.3, -0.25) is 0 Å². The molecule has 0 aliphatic rings. The number of aliphatic hydroxyl groups excluding tert-OH is 1. The molecule has 20 heavy (non-hydrogen) atoms. The summed E-state index contributed by atoms with van der Waals surface area (Å²) < 4.78 is 0. The van der Waals surface area contributed by atoms with E-state index in [0.717, 1.165) is 24.8 Å². The molecule has 0 bridgehead atoms. The first-order chi connectivity index (χ1) is 9.67. The molecule has 0 aliphatic heterocycles. The van der Waals surface area contributed by atoms with Gasteiger partial charge in [0.05, 0.1) is 12.6 Å². The standard InChI is InChI=1S/C15H23ClN2O2/c1-2-3-7-13(11-19)18-15(20)17-10-9-12-6-4-5-8-14(12)16/h4-6,8,13,19H,2-3,7,9-11H2,1H3,(H2,17,18,20). The predicted octanol–water partition coefficient (Wildman–Crippen LogP) is 2.73. The Labute approximate surface area is 125 Å². The molecule has 1 aromatic carbocycles. The minimum absolute atomic E-state index is 0.0298. The number of hydrogen-bond acceptors (Lipinski definition) is 2. The maximum atomic E-state index is 11.7. The van der Waals surface area contributed by atoms with Crippen LogP contribution in [0.5, 0.6) is 0 Å². The van der Waals surface area contributed by atoms with Gasteiger partial charge in [0, 0.05) is 11.6 Å². The minimum atomic E-state index is -0.243. The minimum Gasteiger partial charge on any atom is -0.394 e. The Hall–Kier alpha value is -1.26.